The summed E-state index contributed by atoms with van der Waals surface area (Å²) in [7, 11) is 0. The number of nitrogens with one attached hydrogen (secondary N) is 1. The van der Waals surface area contributed by atoms with Gasteiger partial charge in [0, 0.05) is 15.9 Å². The largest absolute Gasteiger partial charge is 0.384 e. The minimum Gasteiger partial charge on any atom is -0.384 e. The van der Waals surface area contributed by atoms with Crippen LogP contribution in [0.5, 0.6) is 0 Å². The van der Waals surface area contributed by atoms with E-state index in [0.29, 0.717) is 6.54 Å². The zero-order valence-corrected chi connectivity index (χ0v) is 15.7. The van der Waals surface area contributed by atoms with Crippen molar-refractivity contribution in [1.82, 2.24) is 9.55 Å². The van der Waals surface area contributed by atoms with Crippen molar-refractivity contribution >= 4 is 39.3 Å². The quantitative estimate of drug-likeness (QED) is 0.561. The Morgan fingerprint density at radius 1 is 1.29 bits per heavy atom. The molecule has 1 aromatic carbocycles. The molecule has 0 unspecified atom stereocenters. The molecule has 0 aliphatic rings. The maximum absolute atomic E-state index is 12.4. The van der Waals surface area contributed by atoms with Crippen LogP contribution in [0.3, 0.4) is 0 Å². The zero-order valence-electron chi connectivity index (χ0n) is 13.3. The lowest BCUT2D eigenvalue weighted by Crippen LogP contribution is -2.37. The summed E-state index contributed by atoms with van der Waals surface area (Å²) in [5.41, 5.74) is 4.45. The van der Waals surface area contributed by atoms with Gasteiger partial charge in [-0.15, -0.1) is 11.8 Å². The van der Waals surface area contributed by atoms with E-state index in [1.807, 2.05) is 38.1 Å². The highest BCUT2D eigenvalue weighted by molar-refractivity contribution is 9.10. The molecule has 0 aliphatic heterocycles. The number of rotatable bonds is 6. The number of H-pyrrole nitrogens is 1. The number of benzene rings is 1. The summed E-state index contributed by atoms with van der Waals surface area (Å²) in [5, 5.41) is 0. The molecule has 0 aliphatic carbocycles. The van der Waals surface area contributed by atoms with Crippen LogP contribution in [0.2, 0.25) is 0 Å². The van der Waals surface area contributed by atoms with Crippen molar-refractivity contribution in [2.75, 3.05) is 11.5 Å². The summed E-state index contributed by atoms with van der Waals surface area (Å²) in [5.74, 6) is -0.261. The number of nitrogens with zero attached hydrogens (tertiary/aromatic N) is 1. The van der Waals surface area contributed by atoms with Gasteiger partial charge in [-0.3, -0.25) is 19.1 Å². The summed E-state index contributed by atoms with van der Waals surface area (Å²) in [4.78, 5) is 39.4. The fourth-order valence-corrected chi connectivity index (χ4v) is 3.19. The predicted octanol–water partition coefficient (Wildman–Crippen LogP) is 2.51. The number of carbonyl (C=O) groups is 1. The van der Waals surface area contributed by atoms with E-state index in [1.165, 1.54) is 16.3 Å². The molecule has 2 rings (SSSR count). The number of hydrogen-bond acceptors (Lipinski definition) is 5. The number of carbonyl (C=O) groups excluding carboxylic acids is 1. The van der Waals surface area contributed by atoms with E-state index in [2.05, 4.69) is 20.9 Å². The van der Waals surface area contributed by atoms with Crippen molar-refractivity contribution in [3.05, 3.63) is 55.1 Å². The Kier molecular flexibility index (Phi) is 6.06. The first-order valence-electron chi connectivity index (χ1n) is 7.33. The van der Waals surface area contributed by atoms with E-state index in [4.69, 9.17) is 5.73 Å². The van der Waals surface area contributed by atoms with E-state index >= 15 is 0 Å². The minimum atomic E-state index is -0.737. The van der Waals surface area contributed by atoms with Crippen LogP contribution in [0.15, 0.2) is 43.2 Å². The van der Waals surface area contributed by atoms with Gasteiger partial charge in [-0.2, -0.15) is 0 Å². The van der Waals surface area contributed by atoms with Crippen LogP contribution in [-0.4, -0.2) is 21.1 Å². The molecule has 6 nitrogen and oxygen atoms in total. The number of nitrogens with two attached hydrogens (primary N) is 1. The molecular formula is C16H18BrN3O3S. The third-order valence-corrected chi connectivity index (χ3v) is 4.79. The maximum Gasteiger partial charge on any atom is 0.329 e. The van der Waals surface area contributed by atoms with Gasteiger partial charge >= 0.3 is 5.69 Å². The number of ketones is 1. The summed E-state index contributed by atoms with van der Waals surface area (Å²) in [6, 6.07) is 7.48. The van der Waals surface area contributed by atoms with Crippen molar-refractivity contribution in [3.63, 3.8) is 0 Å². The van der Waals surface area contributed by atoms with Gasteiger partial charge in [0.05, 0.1) is 5.75 Å². The molecule has 1 aromatic heterocycles. The SMILES string of the molecule is CC(C)Cn1c(N)c(C(=O)CSc2ccc(Br)cc2)c(=O)[nH]c1=O. The number of thioether (sulfide) groups is 1. The van der Waals surface area contributed by atoms with Crippen molar-refractivity contribution in [2.45, 2.75) is 25.3 Å². The molecule has 0 spiro atoms. The zero-order chi connectivity index (χ0) is 17.9. The molecule has 0 bridgehead atoms. The van der Waals surface area contributed by atoms with Crippen LogP contribution in [0.4, 0.5) is 5.82 Å². The fraction of sp³-hybridized carbons (Fsp3) is 0.312. The molecule has 0 amide bonds. The van der Waals surface area contributed by atoms with E-state index in [1.54, 1.807) is 0 Å². The Balaban J connectivity index is 2.27. The molecule has 0 saturated carbocycles. The number of nitrogen functional groups attached to an aromatic ring is 1. The standard InChI is InChI=1S/C16H18BrN3O3S/c1-9(2)7-20-14(18)13(15(22)19-16(20)23)12(21)8-24-11-5-3-10(17)4-6-11/h3-6,9H,7-8,18H2,1-2H3,(H,19,22,23). The molecule has 0 saturated heterocycles. The van der Waals surface area contributed by atoms with Crippen LogP contribution in [-0.2, 0) is 6.54 Å². The lowest BCUT2D eigenvalue weighted by atomic mass is 10.2. The number of aromatic amines is 1. The average molecular weight is 412 g/mol. The van der Waals surface area contributed by atoms with Crippen LogP contribution in [0.1, 0.15) is 24.2 Å². The monoisotopic (exact) mass is 411 g/mol. The lowest BCUT2D eigenvalue weighted by molar-refractivity contribution is 0.102. The van der Waals surface area contributed by atoms with E-state index < -0.39 is 17.0 Å². The molecule has 2 aromatic rings. The van der Waals surface area contributed by atoms with Gasteiger partial charge in [-0.25, -0.2) is 4.79 Å². The number of halogens is 1. The Hall–Kier alpha value is -1.80. The first kappa shape index (κ1) is 18.5. The molecule has 1 heterocycles. The molecule has 0 radical (unpaired) electrons. The molecule has 24 heavy (non-hydrogen) atoms. The highest BCUT2D eigenvalue weighted by atomic mass is 79.9. The van der Waals surface area contributed by atoms with Crippen molar-refractivity contribution in [3.8, 4) is 0 Å². The average Bonchev–Trinajstić information content (AvgIpc) is 2.50. The van der Waals surface area contributed by atoms with E-state index in [0.717, 1.165) is 9.37 Å². The summed E-state index contributed by atoms with van der Waals surface area (Å²) in [6.45, 7) is 4.17. The second-order valence-electron chi connectivity index (χ2n) is 5.69. The van der Waals surface area contributed by atoms with Crippen LogP contribution < -0.4 is 17.0 Å². The molecule has 8 heteroatoms. The molecule has 0 atom stereocenters. The van der Waals surface area contributed by atoms with Gasteiger partial charge < -0.3 is 5.73 Å². The minimum absolute atomic E-state index is 0.0643. The highest BCUT2D eigenvalue weighted by Crippen LogP contribution is 2.22. The highest BCUT2D eigenvalue weighted by Gasteiger charge is 2.19. The maximum atomic E-state index is 12.4. The van der Waals surface area contributed by atoms with Gasteiger partial charge in [0.25, 0.3) is 5.56 Å². The van der Waals surface area contributed by atoms with Crippen molar-refractivity contribution < 1.29 is 4.79 Å². The van der Waals surface area contributed by atoms with Gasteiger partial charge in [0.15, 0.2) is 5.78 Å². The normalized spacial score (nSPS) is 11.0. The molecule has 128 valence electrons. The molecular weight excluding hydrogens is 394 g/mol. The lowest BCUT2D eigenvalue weighted by Gasteiger charge is -2.13. The number of aromatic nitrogens is 2. The summed E-state index contributed by atoms with van der Waals surface area (Å²) < 4.78 is 2.18. The summed E-state index contributed by atoms with van der Waals surface area (Å²) in [6.07, 6.45) is 0. The second-order valence-corrected chi connectivity index (χ2v) is 7.65. The van der Waals surface area contributed by atoms with Gasteiger partial charge in [-0.1, -0.05) is 29.8 Å². The van der Waals surface area contributed by atoms with Gasteiger partial charge in [-0.05, 0) is 30.2 Å². The number of anilines is 1. The molecule has 3 N–H and O–H groups in total. The Labute approximate surface area is 151 Å². The predicted molar refractivity (Wildman–Crippen MR) is 99.8 cm³/mol. The van der Waals surface area contributed by atoms with Crippen LogP contribution in [0.25, 0.3) is 0 Å². The van der Waals surface area contributed by atoms with E-state index in [-0.39, 0.29) is 23.1 Å². The van der Waals surface area contributed by atoms with Gasteiger partial charge in [0.1, 0.15) is 11.4 Å². The topological polar surface area (TPSA) is 97.9 Å². The summed E-state index contributed by atoms with van der Waals surface area (Å²) >= 11 is 4.65. The third kappa shape index (κ3) is 4.39. The Morgan fingerprint density at radius 2 is 1.92 bits per heavy atom. The van der Waals surface area contributed by atoms with Crippen molar-refractivity contribution in [1.29, 1.82) is 0 Å². The van der Waals surface area contributed by atoms with Crippen LogP contribution in [0, 0.1) is 5.92 Å². The third-order valence-electron chi connectivity index (χ3n) is 3.25. The smallest absolute Gasteiger partial charge is 0.329 e. The first-order valence-corrected chi connectivity index (χ1v) is 9.11. The van der Waals surface area contributed by atoms with Crippen LogP contribution >= 0.6 is 27.7 Å². The van der Waals surface area contributed by atoms with E-state index in [9.17, 15) is 14.4 Å². The number of hydrogen-bond donors (Lipinski definition) is 2. The fourth-order valence-electron chi connectivity index (χ4n) is 2.16. The van der Waals surface area contributed by atoms with Gasteiger partial charge in [0.2, 0.25) is 0 Å². The number of Topliss-reactive ketones (excluding diaryl/α,β-unsaturated/α-hetero) is 1. The second kappa shape index (κ2) is 7.85. The first-order chi connectivity index (χ1) is 11.3. The van der Waals surface area contributed by atoms with Crippen molar-refractivity contribution in [2.24, 2.45) is 5.92 Å². The molecule has 0 fully saturated rings. The Bertz CT molecular complexity index is 856. The Morgan fingerprint density at radius 3 is 2.50 bits per heavy atom.